The standard InChI is InChI=1S/C10H22O4/c1-3-4-8(11)5-9(12)6-10(13)7-14-2/h8-13H,3-7H2,1-2H3. The molecule has 0 aromatic carbocycles. The van der Waals surface area contributed by atoms with E-state index in [1.165, 1.54) is 7.11 Å². The Kier molecular flexibility index (Phi) is 8.08. The minimum atomic E-state index is -0.651. The van der Waals surface area contributed by atoms with E-state index in [1.807, 2.05) is 6.92 Å². The first kappa shape index (κ1) is 13.8. The smallest absolute Gasteiger partial charge is 0.0798 e. The van der Waals surface area contributed by atoms with Crippen LogP contribution in [0.5, 0.6) is 0 Å². The molecule has 0 fully saturated rings. The molecule has 0 saturated heterocycles. The van der Waals surface area contributed by atoms with Gasteiger partial charge in [0.1, 0.15) is 0 Å². The topological polar surface area (TPSA) is 69.9 Å². The van der Waals surface area contributed by atoms with Gasteiger partial charge in [0.2, 0.25) is 0 Å². The zero-order chi connectivity index (χ0) is 11.0. The van der Waals surface area contributed by atoms with Crippen molar-refractivity contribution in [3.63, 3.8) is 0 Å². The lowest BCUT2D eigenvalue weighted by Crippen LogP contribution is -2.25. The lowest BCUT2D eigenvalue weighted by atomic mass is 10.0. The van der Waals surface area contributed by atoms with Gasteiger partial charge in [-0.05, 0) is 12.8 Å². The zero-order valence-electron chi connectivity index (χ0n) is 9.02. The lowest BCUT2D eigenvalue weighted by molar-refractivity contribution is 0.00648. The molecule has 0 aliphatic rings. The van der Waals surface area contributed by atoms with Gasteiger partial charge in [0, 0.05) is 13.5 Å². The number of methoxy groups -OCH3 is 1. The predicted octanol–water partition coefficient (Wildman–Crippen LogP) is 0.296. The molecular weight excluding hydrogens is 184 g/mol. The average Bonchev–Trinajstić information content (AvgIpc) is 2.03. The summed E-state index contributed by atoms with van der Waals surface area (Å²) in [6, 6.07) is 0. The average molecular weight is 206 g/mol. The highest BCUT2D eigenvalue weighted by molar-refractivity contribution is 4.67. The van der Waals surface area contributed by atoms with E-state index < -0.39 is 18.3 Å². The van der Waals surface area contributed by atoms with Crippen molar-refractivity contribution in [1.82, 2.24) is 0 Å². The maximum atomic E-state index is 9.47. The fraction of sp³-hybridized carbons (Fsp3) is 1.00. The molecule has 0 spiro atoms. The van der Waals surface area contributed by atoms with E-state index in [0.29, 0.717) is 12.8 Å². The fourth-order valence-corrected chi connectivity index (χ4v) is 1.44. The van der Waals surface area contributed by atoms with E-state index in [-0.39, 0.29) is 13.0 Å². The molecule has 0 aliphatic carbocycles. The Bertz CT molecular complexity index is 115. The molecule has 0 rings (SSSR count). The Balaban J connectivity index is 3.57. The lowest BCUT2D eigenvalue weighted by Gasteiger charge is -2.17. The van der Waals surface area contributed by atoms with Crippen molar-refractivity contribution in [2.24, 2.45) is 0 Å². The molecular formula is C10H22O4. The van der Waals surface area contributed by atoms with E-state index >= 15 is 0 Å². The van der Waals surface area contributed by atoms with E-state index in [0.717, 1.165) is 6.42 Å². The van der Waals surface area contributed by atoms with Gasteiger partial charge in [0.05, 0.1) is 24.9 Å². The summed E-state index contributed by atoms with van der Waals surface area (Å²) in [6.07, 6.45) is 0.407. The van der Waals surface area contributed by atoms with Gasteiger partial charge in [0.15, 0.2) is 0 Å². The van der Waals surface area contributed by atoms with Crippen molar-refractivity contribution in [3.05, 3.63) is 0 Å². The molecule has 3 unspecified atom stereocenters. The summed E-state index contributed by atoms with van der Waals surface area (Å²) >= 11 is 0. The molecule has 0 amide bonds. The predicted molar refractivity (Wildman–Crippen MR) is 54.0 cm³/mol. The van der Waals surface area contributed by atoms with Crippen LogP contribution in [0.3, 0.4) is 0 Å². The van der Waals surface area contributed by atoms with Gasteiger partial charge in [-0.3, -0.25) is 0 Å². The first-order valence-corrected chi connectivity index (χ1v) is 5.13. The Morgan fingerprint density at radius 1 is 1.00 bits per heavy atom. The molecule has 0 aromatic rings. The summed E-state index contributed by atoms with van der Waals surface area (Å²) < 4.78 is 4.73. The molecule has 3 N–H and O–H groups in total. The highest BCUT2D eigenvalue weighted by Gasteiger charge is 2.15. The van der Waals surface area contributed by atoms with Crippen LogP contribution >= 0.6 is 0 Å². The van der Waals surface area contributed by atoms with Crippen molar-refractivity contribution >= 4 is 0 Å². The molecule has 4 heteroatoms. The molecule has 0 bridgehead atoms. The highest BCUT2D eigenvalue weighted by atomic mass is 16.5. The van der Waals surface area contributed by atoms with Crippen LogP contribution in [-0.4, -0.2) is 47.3 Å². The van der Waals surface area contributed by atoms with E-state index in [2.05, 4.69) is 0 Å². The van der Waals surface area contributed by atoms with Crippen LogP contribution in [0.15, 0.2) is 0 Å². The summed E-state index contributed by atoms with van der Waals surface area (Å²) in [5.74, 6) is 0. The van der Waals surface area contributed by atoms with Crippen LogP contribution in [0.4, 0.5) is 0 Å². The SMILES string of the molecule is CCCC(O)CC(O)CC(O)COC. The van der Waals surface area contributed by atoms with Gasteiger partial charge < -0.3 is 20.1 Å². The van der Waals surface area contributed by atoms with E-state index in [9.17, 15) is 15.3 Å². The molecule has 4 nitrogen and oxygen atoms in total. The summed E-state index contributed by atoms with van der Waals surface area (Å²) in [7, 11) is 1.50. The first-order chi connectivity index (χ1) is 6.60. The molecule has 0 heterocycles. The minimum Gasteiger partial charge on any atom is -0.393 e. The van der Waals surface area contributed by atoms with Crippen LogP contribution < -0.4 is 0 Å². The van der Waals surface area contributed by atoms with Crippen molar-refractivity contribution in [2.75, 3.05) is 13.7 Å². The quantitative estimate of drug-likeness (QED) is 0.534. The first-order valence-electron chi connectivity index (χ1n) is 5.13. The van der Waals surface area contributed by atoms with Gasteiger partial charge in [-0.2, -0.15) is 0 Å². The van der Waals surface area contributed by atoms with Gasteiger partial charge in [-0.1, -0.05) is 13.3 Å². The van der Waals surface area contributed by atoms with Crippen LogP contribution in [0.1, 0.15) is 32.6 Å². The van der Waals surface area contributed by atoms with Gasteiger partial charge >= 0.3 is 0 Å². The Morgan fingerprint density at radius 3 is 2.07 bits per heavy atom. The molecule has 0 aliphatic heterocycles. The third-order valence-electron chi connectivity index (χ3n) is 2.07. The van der Waals surface area contributed by atoms with Gasteiger partial charge in [0.25, 0.3) is 0 Å². The van der Waals surface area contributed by atoms with Crippen molar-refractivity contribution in [3.8, 4) is 0 Å². The maximum absolute atomic E-state index is 9.47. The number of hydrogen-bond donors (Lipinski definition) is 3. The van der Waals surface area contributed by atoms with E-state index in [1.54, 1.807) is 0 Å². The normalized spacial score (nSPS) is 17.8. The number of ether oxygens (including phenoxy) is 1. The number of rotatable bonds is 8. The summed E-state index contributed by atoms with van der Waals surface area (Å²) in [6.45, 7) is 2.20. The molecule has 14 heavy (non-hydrogen) atoms. The van der Waals surface area contributed by atoms with Crippen LogP contribution in [0, 0.1) is 0 Å². The van der Waals surface area contributed by atoms with Crippen molar-refractivity contribution in [2.45, 2.75) is 50.9 Å². The summed E-state index contributed by atoms with van der Waals surface area (Å²) in [4.78, 5) is 0. The zero-order valence-corrected chi connectivity index (χ0v) is 9.02. The minimum absolute atomic E-state index is 0.223. The van der Waals surface area contributed by atoms with Crippen LogP contribution in [0.2, 0.25) is 0 Å². The molecule has 86 valence electrons. The summed E-state index contributed by atoms with van der Waals surface area (Å²) in [5.41, 5.74) is 0. The van der Waals surface area contributed by atoms with Crippen molar-refractivity contribution < 1.29 is 20.1 Å². The molecule has 3 atom stereocenters. The fourth-order valence-electron chi connectivity index (χ4n) is 1.44. The Morgan fingerprint density at radius 2 is 1.57 bits per heavy atom. The summed E-state index contributed by atoms with van der Waals surface area (Å²) in [5, 5.41) is 28.2. The number of aliphatic hydroxyl groups excluding tert-OH is 3. The molecule has 0 aromatic heterocycles. The monoisotopic (exact) mass is 206 g/mol. The second-order valence-corrected chi connectivity index (χ2v) is 3.68. The highest BCUT2D eigenvalue weighted by Crippen LogP contribution is 2.09. The third kappa shape index (κ3) is 7.26. The Labute approximate surface area is 85.5 Å². The maximum Gasteiger partial charge on any atom is 0.0798 e. The third-order valence-corrected chi connectivity index (χ3v) is 2.07. The van der Waals surface area contributed by atoms with Crippen LogP contribution in [-0.2, 0) is 4.74 Å². The van der Waals surface area contributed by atoms with Gasteiger partial charge in [-0.25, -0.2) is 0 Å². The van der Waals surface area contributed by atoms with E-state index in [4.69, 9.17) is 4.74 Å². The Hall–Kier alpha value is -0.160. The molecule has 0 saturated carbocycles. The van der Waals surface area contributed by atoms with Crippen molar-refractivity contribution in [1.29, 1.82) is 0 Å². The number of hydrogen-bond acceptors (Lipinski definition) is 4. The largest absolute Gasteiger partial charge is 0.393 e. The van der Waals surface area contributed by atoms with Crippen LogP contribution in [0.25, 0.3) is 0 Å². The second kappa shape index (κ2) is 8.17. The molecule has 0 radical (unpaired) electrons. The second-order valence-electron chi connectivity index (χ2n) is 3.68. The number of aliphatic hydroxyl groups is 3. The van der Waals surface area contributed by atoms with Gasteiger partial charge in [-0.15, -0.1) is 0 Å².